The van der Waals surface area contributed by atoms with Gasteiger partial charge in [-0.15, -0.1) is 0 Å². The summed E-state index contributed by atoms with van der Waals surface area (Å²) in [6.45, 7) is 11.7. The molecule has 0 spiro atoms. The lowest BCUT2D eigenvalue weighted by molar-refractivity contribution is 0.484. The second kappa shape index (κ2) is 4.90. The summed E-state index contributed by atoms with van der Waals surface area (Å²) in [7, 11) is 2.78. The van der Waals surface area contributed by atoms with Gasteiger partial charge in [-0.2, -0.15) is 0 Å². The Morgan fingerprint density at radius 2 is 1.82 bits per heavy atom. The quantitative estimate of drug-likeness (QED) is 0.530. The van der Waals surface area contributed by atoms with Crippen LogP contribution in [0.15, 0.2) is 0 Å². The Morgan fingerprint density at radius 3 is 2.18 bits per heavy atom. The van der Waals surface area contributed by atoms with E-state index in [1.54, 1.807) is 0 Å². The van der Waals surface area contributed by atoms with Gasteiger partial charge in [0.2, 0.25) is 0 Å². The normalized spacial score (nSPS) is 11.8. The Hall–Kier alpha value is 0.130. The lowest BCUT2D eigenvalue weighted by Crippen LogP contribution is -2.20. The van der Waals surface area contributed by atoms with Crippen molar-refractivity contribution in [3.8, 4) is 0 Å². The summed E-state index contributed by atoms with van der Waals surface area (Å²) in [5, 5.41) is 0.574. The molecule has 0 N–H and O–H groups in total. The van der Waals surface area contributed by atoms with Crippen LogP contribution in [-0.4, -0.2) is 14.3 Å². The second-order valence-corrected chi connectivity index (χ2v) is 4.87. The third-order valence-electron chi connectivity index (χ3n) is 2.17. The standard InChI is InChI=1S/C9H22B2/c1-6-10-11-9(4,5)7-8(2)3/h8,10-11H,6-7H2,1-5H3. The highest BCUT2D eigenvalue weighted by Crippen LogP contribution is 2.30. The molecule has 64 valence electrons. The van der Waals surface area contributed by atoms with Crippen molar-refractivity contribution in [2.75, 3.05) is 0 Å². The van der Waals surface area contributed by atoms with E-state index < -0.39 is 0 Å². The van der Waals surface area contributed by atoms with Gasteiger partial charge in [-0.25, -0.2) is 0 Å². The van der Waals surface area contributed by atoms with Crippen molar-refractivity contribution >= 4 is 14.3 Å². The summed E-state index contributed by atoms with van der Waals surface area (Å²) in [5.74, 6) is 0.849. The molecular weight excluding hydrogens is 130 g/mol. The predicted octanol–water partition coefficient (Wildman–Crippen LogP) is 2.46. The van der Waals surface area contributed by atoms with Crippen LogP contribution < -0.4 is 0 Å². The molecule has 0 saturated carbocycles. The highest BCUT2D eigenvalue weighted by Gasteiger charge is 2.19. The molecule has 0 atom stereocenters. The van der Waals surface area contributed by atoms with Crippen molar-refractivity contribution in [1.82, 2.24) is 0 Å². The Morgan fingerprint density at radius 1 is 1.27 bits per heavy atom. The molecule has 0 aliphatic heterocycles. The zero-order valence-electron chi connectivity index (χ0n) is 8.91. The first kappa shape index (κ1) is 11.1. The number of hydrogen-bond donors (Lipinski definition) is 0. The lowest BCUT2D eigenvalue weighted by Gasteiger charge is -2.25. The molecule has 0 unspecified atom stereocenters. The Balaban J connectivity index is 3.61. The van der Waals surface area contributed by atoms with Crippen LogP contribution in [0.2, 0.25) is 11.6 Å². The fraction of sp³-hybridized carbons (Fsp3) is 1.00. The summed E-state index contributed by atoms with van der Waals surface area (Å²) < 4.78 is 0. The molecule has 0 heterocycles. The Bertz CT molecular complexity index is 97.7. The maximum atomic E-state index is 2.39. The summed E-state index contributed by atoms with van der Waals surface area (Å²) in [6, 6.07) is 0. The largest absolute Gasteiger partial charge is 0.0937 e. The van der Waals surface area contributed by atoms with Crippen LogP contribution in [0.25, 0.3) is 0 Å². The van der Waals surface area contributed by atoms with Gasteiger partial charge in [0.25, 0.3) is 0 Å². The van der Waals surface area contributed by atoms with E-state index in [2.05, 4.69) is 34.6 Å². The fourth-order valence-electron chi connectivity index (χ4n) is 1.86. The first-order valence-corrected chi connectivity index (χ1v) is 4.98. The first-order valence-electron chi connectivity index (χ1n) is 4.98. The van der Waals surface area contributed by atoms with Crippen molar-refractivity contribution < 1.29 is 0 Å². The van der Waals surface area contributed by atoms with E-state index in [0.717, 1.165) is 5.92 Å². The van der Waals surface area contributed by atoms with E-state index >= 15 is 0 Å². The van der Waals surface area contributed by atoms with E-state index in [9.17, 15) is 0 Å². The predicted molar refractivity (Wildman–Crippen MR) is 58.3 cm³/mol. The highest BCUT2D eigenvalue weighted by molar-refractivity contribution is 7.01. The fourth-order valence-corrected chi connectivity index (χ4v) is 1.86. The number of hydrogen-bond acceptors (Lipinski definition) is 0. The van der Waals surface area contributed by atoms with Crippen LogP contribution in [0.5, 0.6) is 0 Å². The minimum Gasteiger partial charge on any atom is -0.0873 e. The third kappa shape index (κ3) is 6.52. The molecule has 0 aliphatic carbocycles. The lowest BCUT2D eigenvalue weighted by atomic mass is 9.28. The van der Waals surface area contributed by atoms with Crippen molar-refractivity contribution in [1.29, 1.82) is 0 Å². The SMILES string of the molecule is CCBBC(C)(C)CC(C)C. The smallest absolute Gasteiger partial charge is 0.0873 e. The van der Waals surface area contributed by atoms with E-state index in [4.69, 9.17) is 0 Å². The molecule has 0 bridgehead atoms. The topological polar surface area (TPSA) is 0 Å². The zero-order chi connectivity index (χ0) is 8.91. The van der Waals surface area contributed by atoms with Crippen molar-refractivity contribution in [3.63, 3.8) is 0 Å². The summed E-state index contributed by atoms with van der Waals surface area (Å²) in [6.07, 6.45) is 2.70. The van der Waals surface area contributed by atoms with Gasteiger partial charge in [0.05, 0.1) is 14.3 Å². The van der Waals surface area contributed by atoms with Crippen LogP contribution in [0.3, 0.4) is 0 Å². The molecule has 0 aromatic rings. The molecule has 0 saturated heterocycles. The molecule has 0 rings (SSSR count). The molecular formula is C9H22B2. The van der Waals surface area contributed by atoms with Crippen molar-refractivity contribution in [3.05, 3.63) is 0 Å². The van der Waals surface area contributed by atoms with Crippen LogP contribution in [0.1, 0.15) is 41.0 Å². The average molecular weight is 152 g/mol. The average Bonchev–Trinajstić information content (AvgIpc) is 1.81. The van der Waals surface area contributed by atoms with Crippen molar-refractivity contribution in [2.24, 2.45) is 5.92 Å². The van der Waals surface area contributed by atoms with Crippen molar-refractivity contribution in [2.45, 2.75) is 52.7 Å². The minimum absolute atomic E-state index is 0.574. The summed E-state index contributed by atoms with van der Waals surface area (Å²) in [5.41, 5.74) is 0. The first-order chi connectivity index (χ1) is 4.98. The zero-order valence-corrected chi connectivity index (χ0v) is 8.91. The highest BCUT2D eigenvalue weighted by atomic mass is 14.1. The Kier molecular flexibility index (Phi) is 4.96. The maximum Gasteiger partial charge on any atom is 0.0937 e. The van der Waals surface area contributed by atoms with Gasteiger partial charge in [-0.05, 0) is 5.92 Å². The molecule has 0 nitrogen and oxygen atoms in total. The van der Waals surface area contributed by atoms with Gasteiger partial charge in [0, 0.05) is 0 Å². The van der Waals surface area contributed by atoms with E-state index in [1.807, 2.05) is 0 Å². The minimum atomic E-state index is 0.574. The van der Waals surface area contributed by atoms with Crippen LogP contribution >= 0.6 is 0 Å². The second-order valence-electron chi connectivity index (χ2n) is 4.87. The molecule has 0 amide bonds. The van der Waals surface area contributed by atoms with Gasteiger partial charge in [0.15, 0.2) is 0 Å². The molecule has 2 heteroatoms. The summed E-state index contributed by atoms with van der Waals surface area (Å²) in [4.78, 5) is 0. The Labute approximate surface area is 73.6 Å². The van der Waals surface area contributed by atoms with E-state index in [-0.39, 0.29) is 0 Å². The molecule has 0 aliphatic rings. The maximum absolute atomic E-state index is 2.39. The molecule has 0 aromatic heterocycles. The molecule has 0 aromatic carbocycles. The van der Waals surface area contributed by atoms with Gasteiger partial charge in [-0.1, -0.05) is 52.7 Å². The van der Waals surface area contributed by atoms with E-state index in [1.165, 1.54) is 27.1 Å². The van der Waals surface area contributed by atoms with Gasteiger partial charge in [0.1, 0.15) is 0 Å². The molecule has 11 heavy (non-hydrogen) atoms. The van der Waals surface area contributed by atoms with Gasteiger partial charge < -0.3 is 0 Å². The number of rotatable bonds is 5. The van der Waals surface area contributed by atoms with Gasteiger partial charge in [-0.3, -0.25) is 0 Å². The van der Waals surface area contributed by atoms with Crippen LogP contribution in [-0.2, 0) is 0 Å². The third-order valence-corrected chi connectivity index (χ3v) is 2.17. The molecule has 0 radical (unpaired) electrons. The van der Waals surface area contributed by atoms with Crippen LogP contribution in [0, 0.1) is 5.92 Å². The monoisotopic (exact) mass is 152 g/mol. The van der Waals surface area contributed by atoms with Gasteiger partial charge >= 0.3 is 0 Å². The molecule has 0 fully saturated rings. The van der Waals surface area contributed by atoms with Crippen LogP contribution in [0.4, 0.5) is 0 Å². The summed E-state index contributed by atoms with van der Waals surface area (Å²) >= 11 is 0. The van der Waals surface area contributed by atoms with E-state index in [0.29, 0.717) is 5.31 Å².